The van der Waals surface area contributed by atoms with E-state index in [0.29, 0.717) is 0 Å². The molecule has 0 radical (unpaired) electrons. The average Bonchev–Trinajstić information content (AvgIpc) is 2.37. The maximum Gasteiger partial charge on any atom is 0.0518 e. The molecule has 0 aliphatic rings. The van der Waals surface area contributed by atoms with Crippen molar-refractivity contribution in [2.75, 3.05) is 5.32 Å². The van der Waals surface area contributed by atoms with Crippen molar-refractivity contribution in [3.63, 3.8) is 0 Å². The van der Waals surface area contributed by atoms with E-state index >= 15 is 0 Å². The van der Waals surface area contributed by atoms with Gasteiger partial charge in [-0.15, -0.1) is 0 Å². The predicted octanol–water partition coefficient (Wildman–Crippen LogP) is 5.93. The molecule has 1 unspecified atom stereocenters. The number of hydrogen-bond donors (Lipinski definition) is 1. The van der Waals surface area contributed by atoms with Gasteiger partial charge in [0.15, 0.2) is 0 Å². The molecule has 0 amide bonds. The molecule has 0 bridgehead atoms. The largest absolute Gasteiger partial charge is 0.378 e. The van der Waals surface area contributed by atoms with Crippen LogP contribution >= 0.6 is 11.6 Å². The fourth-order valence-electron chi connectivity index (χ4n) is 2.33. The molecule has 0 aliphatic carbocycles. The van der Waals surface area contributed by atoms with Gasteiger partial charge in [0, 0.05) is 10.7 Å². The van der Waals surface area contributed by atoms with Crippen molar-refractivity contribution in [2.45, 2.75) is 33.2 Å². The Morgan fingerprint density at radius 3 is 2.30 bits per heavy atom. The van der Waals surface area contributed by atoms with Crippen molar-refractivity contribution < 1.29 is 0 Å². The Morgan fingerprint density at radius 1 is 1.00 bits per heavy atom. The van der Waals surface area contributed by atoms with Crippen molar-refractivity contribution in [2.24, 2.45) is 5.41 Å². The van der Waals surface area contributed by atoms with Crippen LogP contribution < -0.4 is 5.32 Å². The summed E-state index contributed by atoms with van der Waals surface area (Å²) < 4.78 is 0. The predicted molar refractivity (Wildman–Crippen MR) is 88.3 cm³/mol. The highest BCUT2D eigenvalue weighted by Gasteiger charge is 2.20. The summed E-state index contributed by atoms with van der Waals surface area (Å²) in [5.74, 6) is 0. The van der Waals surface area contributed by atoms with Crippen LogP contribution in [0.5, 0.6) is 0 Å². The number of benzene rings is 2. The van der Waals surface area contributed by atoms with Gasteiger partial charge in [-0.1, -0.05) is 68.8 Å². The van der Waals surface area contributed by atoms with Crippen molar-refractivity contribution in [3.05, 3.63) is 65.2 Å². The summed E-state index contributed by atoms with van der Waals surface area (Å²) >= 11 is 6.07. The molecule has 0 heterocycles. The average molecular weight is 288 g/mol. The first kappa shape index (κ1) is 14.9. The van der Waals surface area contributed by atoms with Gasteiger partial charge in [-0.2, -0.15) is 0 Å². The SMILES string of the molecule is CC(C)(C)CC(Nc1cccc(Cl)c1)c1ccccc1. The highest BCUT2D eigenvalue weighted by atomic mass is 35.5. The van der Waals surface area contributed by atoms with E-state index in [1.807, 2.05) is 18.2 Å². The lowest BCUT2D eigenvalue weighted by Gasteiger charge is -2.28. The van der Waals surface area contributed by atoms with E-state index in [2.05, 4.69) is 62.5 Å². The molecule has 2 heteroatoms. The zero-order chi connectivity index (χ0) is 14.6. The number of nitrogens with one attached hydrogen (secondary N) is 1. The van der Waals surface area contributed by atoms with E-state index in [0.717, 1.165) is 17.1 Å². The van der Waals surface area contributed by atoms with Gasteiger partial charge in [-0.05, 0) is 35.6 Å². The quantitative estimate of drug-likeness (QED) is 0.735. The van der Waals surface area contributed by atoms with Crippen molar-refractivity contribution >= 4 is 17.3 Å². The van der Waals surface area contributed by atoms with E-state index in [9.17, 15) is 0 Å². The van der Waals surface area contributed by atoms with Crippen LogP contribution in [0.15, 0.2) is 54.6 Å². The Balaban J connectivity index is 2.23. The Morgan fingerprint density at radius 2 is 1.70 bits per heavy atom. The molecule has 2 aromatic carbocycles. The normalized spacial score (nSPS) is 13.0. The van der Waals surface area contributed by atoms with Crippen LogP contribution in [-0.4, -0.2) is 0 Å². The summed E-state index contributed by atoms with van der Waals surface area (Å²) in [6.07, 6.45) is 1.06. The Bertz CT molecular complexity index is 543. The molecule has 106 valence electrons. The van der Waals surface area contributed by atoms with E-state index < -0.39 is 0 Å². The zero-order valence-electron chi connectivity index (χ0n) is 12.4. The fraction of sp³-hybridized carbons (Fsp3) is 0.333. The summed E-state index contributed by atoms with van der Waals surface area (Å²) in [6.45, 7) is 6.80. The zero-order valence-corrected chi connectivity index (χ0v) is 13.1. The van der Waals surface area contributed by atoms with Crippen molar-refractivity contribution in [3.8, 4) is 0 Å². The molecule has 2 rings (SSSR count). The van der Waals surface area contributed by atoms with Gasteiger partial charge in [-0.3, -0.25) is 0 Å². The van der Waals surface area contributed by atoms with Crippen molar-refractivity contribution in [1.29, 1.82) is 0 Å². The Kier molecular flexibility index (Phi) is 4.72. The van der Waals surface area contributed by atoms with E-state index in [-0.39, 0.29) is 11.5 Å². The van der Waals surface area contributed by atoms with Gasteiger partial charge in [0.05, 0.1) is 6.04 Å². The number of halogens is 1. The molecule has 0 fully saturated rings. The minimum atomic E-state index is 0.256. The minimum absolute atomic E-state index is 0.256. The fourth-order valence-corrected chi connectivity index (χ4v) is 2.52. The second kappa shape index (κ2) is 6.32. The van der Waals surface area contributed by atoms with Crippen LogP contribution in [0.25, 0.3) is 0 Å². The topological polar surface area (TPSA) is 12.0 Å². The maximum absolute atomic E-state index is 6.07. The molecule has 0 saturated carbocycles. The molecular formula is C18H22ClN. The van der Waals surface area contributed by atoms with Crippen LogP contribution in [0.2, 0.25) is 5.02 Å². The smallest absolute Gasteiger partial charge is 0.0518 e. The van der Waals surface area contributed by atoms with Crippen LogP contribution in [0, 0.1) is 5.41 Å². The maximum atomic E-state index is 6.07. The highest BCUT2D eigenvalue weighted by molar-refractivity contribution is 6.30. The monoisotopic (exact) mass is 287 g/mol. The second-order valence-electron chi connectivity index (χ2n) is 6.38. The van der Waals surface area contributed by atoms with Gasteiger partial charge in [0.25, 0.3) is 0 Å². The summed E-state index contributed by atoms with van der Waals surface area (Å²) in [5.41, 5.74) is 2.63. The standard InChI is InChI=1S/C18H22ClN/c1-18(2,3)13-17(14-8-5-4-6-9-14)20-16-11-7-10-15(19)12-16/h4-12,17,20H,13H2,1-3H3. The van der Waals surface area contributed by atoms with Gasteiger partial charge >= 0.3 is 0 Å². The third-order valence-corrected chi connectivity index (χ3v) is 3.42. The molecule has 0 aliphatic heterocycles. The number of rotatable bonds is 4. The first-order valence-electron chi connectivity index (χ1n) is 7.01. The van der Waals surface area contributed by atoms with Gasteiger partial charge in [0.1, 0.15) is 0 Å². The molecule has 1 atom stereocenters. The lowest BCUT2D eigenvalue weighted by molar-refractivity contribution is 0.352. The molecule has 20 heavy (non-hydrogen) atoms. The summed E-state index contributed by atoms with van der Waals surface area (Å²) in [5, 5.41) is 4.37. The molecule has 1 nitrogen and oxygen atoms in total. The summed E-state index contributed by atoms with van der Waals surface area (Å²) in [4.78, 5) is 0. The third-order valence-electron chi connectivity index (χ3n) is 3.18. The van der Waals surface area contributed by atoms with E-state index in [1.165, 1.54) is 5.56 Å². The van der Waals surface area contributed by atoms with Crippen molar-refractivity contribution in [1.82, 2.24) is 0 Å². The summed E-state index contributed by atoms with van der Waals surface area (Å²) in [6, 6.07) is 18.8. The number of anilines is 1. The molecular weight excluding hydrogens is 266 g/mol. The third kappa shape index (κ3) is 4.57. The molecule has 1 N–H and O–H groups in total. The summed E-state index contributed by atoms with van der Waals surface area (Å²) in [7, 11) is 0. The molecule has 0 saturated heterocycles. The lowest BCUT2D eigenvalue weighted by atomic mass is 9.85. The minimum Gasteiger partial charge on any atom is -0.378 e. The molecule has 2 aromatic rings. The van der Waals surface area contributed by atoms with Crippen LogP contribution in [0.1, 0.15) is 38.8 Å². The van der Waals surface area contributed by atoms with Gasteiger partial charge in [0.2, 0.25) is 0 Å². The first-order valence-corrected chi connectivity index (χ1v) is 7.39. The Labute approximate surface area is 127 Å². The van der Waals surface area contributed by atoms with Gasteiger partial charge < -0.3 is 5.32 Å². The van der Waals surface area contributed by atoms with E-state index in [1.54, 1.807) is 0 Å². The van der Waals surface area contributed by atoms with Crippen LogP contribution in [0.3, 0.4) is 0 Å². The highest BCUT2D eigenvalue weighted by Crippen LogP contribution is 2.32. The molecule has 0 aromatic heterocycles. The van der Waals surface area contributed by atoms with E-state index in [4.69, 9.17) is 11.6 Å². The number of hydrogen-bond acceptors (Lipinski definition) is 1. The first-order chi connectivity index (χ1) is 9.44. The van der Waals surface area contributed by atoms with Gasteiger partial charge in [-0.25, -0.2) is 0 Å². The van der Waals surface area contributed by atoms with Crippen LogP contribution in [-0.2, 0) is 0 Å². The lowest BCUT2D eigenvalue weighted by Crippen LogP contribution is -2.18. The second-order valence-corrected chi connectivity index (χ2v) is 6.82. The Hall–Kier alpha value is -1.47. The van der Waals surface area contributed by atoms with Crippen LogP contribution in [0.4, 0.5) is 5.69 Å². The molecule has 0 spiro atoms.